The van der Waals surface area contributed by atoms with Gasteiger partial charge in [-0.1, -0.05) is 22.9 Å². The molecule has 32 heavy (non-hydrogen) atoms. The highest BCUT2D eigenvalue weighted by atomic mass is 16.5. The monoisotopic (exact) mass is 437 g/mol. The van der Waals surface area contributed by atoms with E-state index >= 15 is 0 Å². The predicted octanol–water partition coefficient (Wildman–Crippen LogP) is 3.09. The van der Waals surface area contributed by atoms with Gasteiger partial charge < -0.3 is 14.7 Å². The number of aromatic nitrogens is 2. The normalized spacial score (nSPS) is 22.9. The van der Waals surface area contributed by atoms with Crippen LogP contribution in [0.15, 0.2) is 28.8 Å². The average Bonchev–Trinajstić information content (AvgIpc) is 3.45. The summed E-state index contributed by atoms with van der Waals surface area (Å²) in [5.74, 6) is 1.74. The van der Waals surface area contributed by atoms with Crippen LogP contribution in [0.2, 0.25) is 0 Å². The second kappa shape index (κ2) is 8.31. The molecule has 2 aliphatic heterocycles. The highest BCUT2D eigenvalue weighted by molar-refractivity contribution is 5.92. The zero-order valence-corrected chi connectivity index (χ0v) is 18.8. The van der Waals surface area contributed by atoms with Crippen LogP contribution in [0.4, 0.5) is 5.69 Å². The van der Waals surface area contributed by atoms with Gasteiger partial charge >= 0.3 is 0 Å². The molecule has 170 valence electrons. The fourth-order valence-electron chi connectivity index (χ4n) is 5.18. The maximum Gasteiger partial charge on any atom is 0.244 e. The van der Waals surface area contributed by atoms with Crippen LogP contribution in [0.5, 0.6) is 0 Å². The van der Waals surface area contributed by atoms with E-state index in [0.717, 1.165) is 63.0 Å². The van der Waals surface area contributed by atoms with Gasteiger partial charge in [0, 0.05) is 31.2 Å². The summed E-state index contributed by atoms with van der Waals surface area (Å²) in [5.41, 5.74) is 2.02. The molecule has 2 aromatic rings. The topological polar surface area (TPSA) is 91.6 Å². The summed E-state index contributed by atoms with van der Waals surface area (Å²) < 4.78 is 5.53. The number of benzene rings is 1. The molecule has 1 unspecified atom stereocenters. The Labute approximate surface area is 188 Å². The summed E-state index contributed by atoms with van der Waals surface area (Å²) >= 11 is 0. The van der Waals surface area contributed by atoms with E-state index in [9.17, 15) is 9.59 Å². The number of anilines is 1. The zero-order chi connectivity index (χ0) is 22.3. The van der Waals surface area contributed by atoms with Crippen LogP contribution in [-0.4, -0.2) is 57.9 Å². The van der Waals surface area contributed by atoms with E-state index < -0.39 is 0 Å². The highest BCUT2D eigenvalue weighted by Gasteiger charge is 2.49. The lowest BCUT2D eigenvalue weighted by Crippen LogP contribution is -2.45. The summed E-state index contributed by atoms with van der Waals surface area (Å²) in [7, 11) is 0. The summed E-state index contributed by atoms with van der Waals surface area (Å²) in [6, 6.07) is 7.74. The van der Waals surface area contributed by atoms with Crippen LogP contribution in [0, 0.1) is 25.2 Å². The first kappa shape index (κ1) is 21.1. The molecular weight excluding hydrogens is 406 g/mol. The molecule has 0 bridgehead atoms. The molecule has 1 spiro atoms. The molecule has 2 amide bonds. The Hall–Kier alpha value is -2.74. The lowest BCUT2D eigenvalue weighted by Gasteiger charge is -2.39. The first-order valence-electron chi connectivity index (χ1n) is 11.6. The summed E-state index contributed by atoms with van der Waals surface area (Å²) in [6.45, 7) is 6.50. The molecule has 1 aromatic heterocycles. The van der Waals surface area contributed by atoms with Gasteiger partial charge in [-0.25, -0.2) is 0 Å². The Kier molecular flexibility index (Phi) is 5.49. The van der Waals surface area contributed by atoms with Crippen LogP contribution in [0.25, 0.3) is 0 Å². The minimum Gasteiger partial charge on any atom is -0.342 e. The molecule has 1 saturated carbocycles. The van der Waals surface area contributed by atoms with Crippen molar-refractivity contribution in [1.29, 1.82) is 0 Å². The lowest BCUT2D eigenvalue weighted by atomic mass is 9.76. The van der Waals surface area contributed by atoms with Crippen LogP contribution in [0.3, 0.4) is 0 Å². The van der Waals surface area contributed by atoms with Crippen molar-refractivity contribution in [2.24, 2.45) is 11.3 Å². The van der Waals surface area contributed by atoms with E-state index in [1.54, 1.807) is 0 Å². The van der Waals surface area contributed by atoms with E-state index in [4.69, 9.17) is 4.52 Å². The van der Waals surface area contributed by atoms with E-state index in [1.165, 1.54) is 0 Å². The summed E-state index contributed by atoms with van der Waals surface area (Å²) in [5, 5.41) is 6.99. The predicted molar refractivity (Wildman–Crippen MR) is 119 cm³/mol. The number of hydrogen-bond donors (Lipinski definition) is 1. The molecule has 1 aromatic carbocycles. The van der Waals surface area contributed by atoms with E-state index in [0.29, 0.717) is 17.6 Å². The van der Waals surface area contributed by atoms with Gasteiger partial charge in [-0.3, -0.25) is 14.5 Å². The maximum absolute atomic E-state index is 12.9. The molecule has 5 rings (SSSR count). The van der Waals surface area contributed by atoms with E-state index in [2.05, 4.69) is 20.4 Å². The van der Waals surface area contributed by atoms with Crippen LogP contribution >= 0.6 is 0 Å². The number of hydrogen-bond acceptors (Lipinski definition) is 6. The molecule has 1 aliphatic carbocycles. The standard InChI is InChI=1S/C24H31N5O3/c1-16-3-7-19(8-4-16)26-21(30)14-29-15-24(13-20(29)22-25-17(2)27-32-22)9-11-28(12-10-24)23(31)18-5-6-18/h3-4,7-8,18,20H,5-6,9-15H2,1-2H3,(H,26,30). The molecular formula is C24H31N5O3. The number of nitrogens with zero attached hydrogens (tertiary/aromatic N) is 4. The third-order valence-corrected chi connectivity index (χ3v) is 7.18. The molecule has 3 heterocycles. The fraction of sp³-hybridized carbons (Fsp3) is 0.583. The number of piperidine rings is 1. The Bertz CT molecular complexity index is 989. The molecule has 8 nitrogen and oxygen atoms in total. The van der Waals surface area contributed by atoms with Gasteiger partial charge in [0.2, 0.25) is 17.7 Å². The summed E-state index contributed by atoms with van der Waals surface area (Å²) in [4.78, 5) is 34.0. The Morgan fingerprint density at radius 2 is 1.88 bits per heavy atom. The third kappa shape index (κ3) is 4.41. The molecule has 0 radical (unpaired) electrons. The van der Waals surface area contributed by atoms with Gasteiger partial charge in [-0.2, -0.15) is 4.98 Å². The van der Waals surface area contributed by atoms with Crippen molar-refractivity contribution in [1.82, 2.24) is 19.9 Å². The zero-order valence-electron chi connectivity index (χ0n) is 18.8. The Balaban J connectivity index is 1.28. The largest absolute Gasteiger partial charge is 0.342 e. The number of nitrogens with one attached hydrogen (secondary N) is 1. The second-order valence-corrected chi connectivity index (χ2v) is 9.82. The van der Waals surface area contributed by atoms with Crippen molar-refractivity contribution in [3.8, 4) is 0 Å². The van der Waals surface area contributed by atoms with Crippen molar-refractivity contribution in [3.63, 3.8) is 0 Å². The SMILES string of the molecule is Cc1ccc(NC(=O)CN2CC3(CCN(C(=O)C4CC4)CC3)CC2c2nc(C)no2)cc1. The van der Waals surface area contributed by atoms with Gasteiger partial charge in [0.1, 0.15) is 0 Å². The van der Waals surface area contributed by atoms with Crippen LogP contribution in [-0.2, 0) is 9.59 Å². The molecule has 3 fully saturated rings. The van der Waals surface area contributed by atoms with Crippen molar-refractivity contribution in [2.75, 3.05) is 31.5 Å². The summed E-state index contributed by atoms with van der Waals surface area (Å²) in [6.07, 6.45) is 4.86. The molecule has 8 heteroatoms. The number of likely N-dealkylation sites (tertiary alicyclic amines) is 2. The smallest absolute Gasteiger partial charge is 0.244 e. The van der Waals surface area contributed by atoms with Gasteiger partial charge in [0.15, 0.2) is 5.82 Å². The highest BCUT2D eigenvalue weighted by Crippen LogP contribution is 2.49. The average molecular weight is 438 g/mol. The van der Waals surface area contributed by atoms with E-state index in [1.807, 2.05) is 43.0 Å². The molecule has 1 atom stereocenters. The number of carbonyl (C=O) groups is 2. The lowest BCUT2D eigenvalue weighted by molar-refractivity contribution is -0.134. The molecule has 3 aliphatic rings. The van der Waals surface area contributed by atoms with Crippen LogP contribution < -0.4 is 5.32 Å². The number of aryl methyl sites for hydroxylation is 2. The van der Waals surface area contributed by atoms with Crippen molar-refractivity contribution in [3.05, 3.63) is 41.5 Å². The fourth-order valence-corrected chi connectivity index (χ4v) is 5.18. The quantitative estimate of drug-likeness (QED) is 0.773. The first-order chi connectivity index (χ1) is 15.4. The minimum absolute atomic E-state index is 0.0477. The first-order valence-corrected chi connectivity index (χ1v) is 11.6. The Morgan fingerprint density at radius 1 is 1.16 bits per heavy atom. The number of amides is 2. The number of rotatable bonds is 5. The maximum atomic E-state index is 12.9. The van der Waals surface area contributed by atoms with Crippen molar-refractivity contribution < 1.29 is 14.1 Å². The van der Waals surface area contributed by atoms with Gasteiger partial charge in [-0.15, -0.1) is 0 Å². The van der Waals surface area contributed by atoms with Gasteiger partial charge in [-0.05, 0) is 63.5 Å². The van der Waals surface area contributed by atoms with Crippen molar-refractivity contribution in [2.45, 2.75) is 52.0 Å². The van der Waals surface area contributed by atoms with Gasteiger partial charge in [0.25, 0.3) is 0 Å². The second-order valence-electron chi connectivity index (χ2n) is 9.82. The third-order valence-electron chi connectivity index (χ3n) is 7.18. The van der Waals surface area contributed by atoms with Crippen molar-refractivity contribution >= 4 is 17.5 Å². The van der Waals surface area contributed by atoms with Crippen LogP contribution in [0.1, 0.15) is 55.4 Å². The van der Waals surface area contributed by atoms with E-state index in [-0.39, 0.29) is 29.8 Å². The molecule has 2 saturated heterocycles. The van der Waals surface area contributed by atoms with Gasteiger partial charge in [0.05, 0.1) is 12.6 Å². The minimum atomic E-state index is -0.0781. The molecule has 1 N–H and O–H groups in total. The number of carbonyl (C=O) groups excluding carboxylic acids is 2. The Morgan fingerprint density at radius 3 is 2.50 bits per heavy atom.